The van der Waals surface area contributed by atoms with Crippen LogP contribution in [0, 0.1) is 0 Å². The minimum absolute atomic E-state index is 0.0347. The van der Waals surface area contributed by atoms with Crippen LogP contribution in [0.4, 0.5) is 4.79 Å². The summed E-state index contributed by atoms with van der Waals surface area (Å²) in [4.78, 5) is 14.2. The molecule has 7 heteroatoms. The van der Waals surface area contributed by atoms with E-state index in [1.807, 2.05) is 34.6 Å². The first-order valence-corrected chi connectivity index (χ1v) is 8.81. The van der Waals surface area contributed by atoms with Crippen molar-refractivity contribution < 1.29 is 9.53 Å². The summed E-state index contributed by atoms with van der Waals surface area (Å²) in [6.07, 6.45) is 3.41. The Morgan fingerprint density at radius 2 is 2.20 bits per heavy atom. The molecule has 7 nitrogen and oxygen atoms in total. The van der Waals surface area contributed by atoms with Crippen LogP contribution < -0.4 is 5.32 Å². The Balaban J connectivity index is 1.45. The van der Waals surface area contributed by atoms with Crippen LogP contribution >= 0.6 is 0 Å². The van der Waals surface area contributed by atoms with Crippen LogP contribution in [0.15, 0.2) is 36.7 Å². The Hall–Kier alpha value is -2.41. The van der Waals surface area contributed by atoms with Crippen LogP contribution in [0.1, 0.15) is 18.3 Å². The Bertz CT molecular complexity index is 673. The monoisotopic (exact) mass is 343 g/mol. The summed E-state index contributed by atoms with van der Waals surface area (Å²) in [5, 5.41) is 10.9. The maximum Gasteiger partial charge on any atom is 0.317 e. The van der Waals surface area contributed by atoms with Crippen molar-refractivity contribution in [3.63, 3.8) is 0 Å². The molecule has 1 aromatic heterocycles. The van der Waals surface area contributed by atoms with Gasteiger partial charge in [0.15, 0.2) is 0 Å². The van der Waals surface area contributed by atoms with E-state index >= 15 is 0 Å². The maximum atomic E-state index is 12.4. The highest BCUT2D eigenvalue weighted by atomic mass is 16.5. The topological polar surface area (TPSA) is 72.3 Å². The second-order valence-electron chi connectivity index (χ2n) is 6.15. The SMILES string of the molecule is CCc1nncn1CCNC(=O)N1CCOC(Cc2ccccc2)C1. The molecule has 0 spiro atoms. The van der Waals surface area contributed by atoms with E-state index in [2.05, 4.69) is 27.6 Å². The summed E-state index contributed by atoms with van der Waals surface area (Å²) in [6, 6.07) is 10.2. The van der Waals surface area contributed by atoms with Gasteiger partial charge in [0.05, 0.1) is 12.7 Å². The summed E-state index contributed by atoms with van der Waals surface area (Å²) in [6.45, 7) is 5.11. The summed E-state index contributed by atoms with van der Waals surface area (Å²) < 4.78 is 7.78. The molecule has 1 unspecified atom stereocenters. The van der Waals surface area contributed by atoms with Gasteiger partial charge in [-0.05, 0) is 5.56 Å². The van der Waals surface area contributed by atoms with E-state index in [4.69, 9.17) is 4.74 Å². The molecular formula is C18H25N5O2. The summed E-state index contributed by atoms with van der Waals surface area (Å²) in [5.41, 5.74) is 1.23. The Morgan fingerprint density at radius 1 is 1.36 bits per heavy atom. The van der Waals surface area contributed by atoms with E-state index < -0.39 is 0 Å². The fraction of sp³-hybridized carbons (Fsp3) is 0.500. The number of carbonyl (C=O) groups is 1. The fourth-order valence-electron chi connectivity index (χ4n) is 3.04. The molecule has 2 heterocycles. The normalized spacial score (nSPS) is 17.5. The van der Waals surface area contributed by atoms with Crippen LogP contribution in [-0.2, 0) is 24.1 Å². The number of hydrogen-bond donors (Lipinski definition) is 1. The second-order valence-corrected chi connectivity index (χ2v) is 6.15. The average Bonchev–Trinajstić information content (AvgIpc) is 3.10. The van der Waals surface area contributed by atoms with Crippen molar-refractivity contribution in [1.29, 1.82) is 0 Å². The number of aromatic nitrogens is 3. The molecule has 0 aliphatic carbocycles. The van der Waals surface area contributed by atoms with Gasteiger partial charge in [-0.1, -0.05) is 37.3 Å². The lowest BCUT2D eigenvalue weighted by Gasteiger charge is -2.33. The molecule has 134 valence electrons. The van der Waals surface area contributed by atoms with E-state index in [9.17, 15) is 4.79 Å². The first kappa shape index (κ1) is 17.4. The predicted molar refractivity (Wildman–Crippen MR) is 94.3 cm³/mol. The summed E-state index contributed by atoms with van der Waals surface area (Å²) >= 11 is 0. The summed E-state index contributed by atoms with van der Waals surface area (Å²) in [7, 11) is 0. The van der Waals surface area contributed by atoms with Crippen LogP contribution in [0.5, 0.6) is 0 Å². The van der Waals surface area contributed by atoms with Crippen molar-refractivity contribution in [1.82, 2.24) is 25.0 Å². The van der Waals surface area contributed by atoms with Crippen molar-refractivity contribution in [3.05, 3.63) is 48.0 Å². The molecule has 3 rings (SSSR count). The predicted octanol–water partition coefficient (Wildman–Crippen LogP) is 1.49. The summed E-state index contributed by atoms with van der Waals surface area (Å²) in [5.74, 6) is 0.934. The third-order valence-electron chi connectivity index (χ3n) is 4.37. The molecule has 1 aliphatic heterocycles. The van der Waals surface area contributed by atoms with Crippen LogP contribution in [0.2, 0.25) is 0 Å². The fourth-order valence-corrected chi connectivity index (χ4v) is 3.04. The molecule has 1 aromatic carbocycles. The molecular weight excluding hydrogens is 318 g/mol. The van der Waals surface area contributed by atoms with Crippen molar-refractivity contribution in [3.8, 4) is 0 Å². The standard InChI is InChI=1S/C18H25N5O2/c1-2-17-21-20-14-23(17)9-8-19-18(24)22-10-11-25-16(13-22)12-15-6-4-3-5-7-15/h3-7,14,16H,2,8-13H2,1H3,(H,19,24). The average molecular weight is 343 g/mol. The van der Waals surface area contributed by atoms with E-state index in [1.54, 1.807) is 6.33 Å². The van der Waals surface area contributed by atoms with Gasteiger partial charge in [-0.3, -0.25) is 0 Å². The molecule has 1 saturated heterocycles. The van der Waals surface area contributed by atoms with Gasteiger partial charge in [-0.25, -0.2) is 4.79 Å². The molecule has 1 aliphatic rings. The minimum Gasteiger partial charge on any atom is -0.374 e. The zero-order valence-corrected chi connectivity index (χ0v) is 14.6. The lowest BCUT2D eigenvalue weighted by Crippen LogP contribution is -2.50. The number of ether oxygens (including phenoxy) is 1. The van der Waals surface area contributed by atoms with Gasteiger partial charge in [0, 0.05) is 39.0 Å². The molecule has 0 bridgehead atoms. The number of aryl methyl sites for hydroxylation is 1. The molecule has 2 aromatic rings. The Kier molecular flexibility index (Phi) is 6.00. The third kappa shape index (κ3) is 4.79. The van der Waals surface area contributed by atoms with Gasteiger partial charge in [-0.15, -0.1) is 10.2 Å². The molecule has 25 heavy (non-hydrogen) atoms. The first-order chi connectivity index (χ1) is 12.3. The first-order valence-electron chi connectivity index (χ1n) is 8.81. The zero-order chi connectivity index (χ0) is 17.5. The Morgan fingerprint density at radius 3 is 3.00 bits per heavy atom. The third-order valence-corrected chi connectivity index (χ3v) is 4.37. The van der Waals surface area contributed by atoms with Crippen molar-refractivity contribution in [2.24, 2.45) is 0 Å². The second kappa shape index (κ2) is 8.62. The van der Waals surface area contributed by atoms with Gasteiger partial charge < -0.3 is 19.5 Å². The number of morpholine rings is 1. The van der Waals surface area contributed by atoms with Gasteiger partial charge >= 0.3 is 6.03 Å². The highest BCUT2D eigenvalue weighted by Crippen LogP contribution is 2.11. The van der Waals surface area contributed by atoms with Gasteiger partial charge in [0.1, 0.15) is 12.2 Å². The van der Waals surface area contributed by atoms with Crippen molar-refractivity contribution in [2.45, 2.75) is 32.4 Å². The van der Waals surface area contributed by atoms with Crippen LogP contribution in [0.3, 0.4) is 0 Å². The van der Waals surface area contributed by atoms with E-state index in [0.29, 0.717) is 32.8 Å². The van der Waals surface area contributed by atoms with E-state index in [0.717, 1.165) is 18.7 Å². The number of benzene rings is 1. The highest BCUT2D eigenvalue weighted by Gasteiger charge is 2.24. The lowest BCUT2D eigenvalue weighted by atomic mass is 10.1. The quantitative estimate of drug-likeness (QED) is 0.863. The zero-order valence-electron chi connectivity index (χ0n) is 14.6. The van der Waals surface area contributed by atoms with Crippen molar-refractivity contribution in [2.75, 3.05) is 26.2 Å². The number of urea groups is 1. The molecule has 1 atom stereocenters. The minimum atomic E-state index is -0.0347. The molecule has 0 saturated carbocycles. The molecule has 1 N–H and O–H groups in total. The van der Waals surface area contributed by atoms with Gasteiger partial charge in [0.25, 0.3) is 0 Å². The lowest BCUT2D eigenvalue weighted by molar-refractivity contribution is -0.0132. The van der Waals surface area contributed by atoms with Gasteiger partial charge in [0.2, 0.25) is 0 Å². The molecule has 1 fully saturated rings. The van der Waals surface area contributed by atoms with Gasteiger partial charge in [-0.2, -0.15) is 0 Å². The number of nitrogens with zero attached hydrogens (tertiary/aromatic N) is 4. The highest BCUT2D eigenvalue weighted by molar-refractivity contribution is 5.74. The van der Waals surface area contributed by atoms with Crippen LogP contribution in [-0.4, -0.2) is 58.0 Å². The number of hydrogen-bond acceptors (Lipinski definition) is 4. The number of carbonyl (C=O) groups excluding carboxylic acids is 1. The Labute approximate surface area is 148 Å². The number of rotatable bonds is 6. The van der Waals surface area contributed by atoms with Crippen LogP contribution in [0.25, 0.3) is 0 Å². The van der Waals surface area contributed by atoms with E-state index in [1.165, 1.54) is 5.56 Å². The number of amides is 2. The van der Waals surface area contributed by atoms with Crippen molar-refractivity contribution >= 4 is 6.03 Å². The largest absolute Gasteiger partial charge is 0.374 e. The van der Waals surface area contributed by atoms with E-state index in [-0.39, 0.29) is 12.1 Å². The molecule has 0 radical (unpaired) electrons. The molecule has 2 amide bonds. The maximum absolute atomic E-state index is 12.4. The smallest absolute Gasteiger partial charge is 0.317 e. The number of nitrogens with one attached hydrogen (secondary N) is 1.